The van der Waals surface area contributed by atoms with Crippen molar-refractivity contribution >= 4 is 23.5 Å². The van der Waals surface area contributed by atoms with Crippen LogP contribution in [0.15, 0.2) is 146 Å². The van der Waals surface area contributed by atoms with E-state index in [0.717, 1.165) is 103 Å². The third kappa shape index (κ3) is 10.9. The van der Waals surface area contributed by atoms with Crippen molar-refractivity contribution in [2.75, 3.05) is 0 Å². The van der Waals surface area contributed by atoms with Gasteiger partial charge >= 0.3 is 35.1 Å². The number of benzene rings is 10. The molecule has 10 aromatic carbocycles. The summed E-state index contributed by atoms with van der Waals surface area (Å²) in [5, 5.41) is 200. The van der Waals surface area contributed by atoms with Crippen molar-refractivity contribution in [3.8, 4) is 144 Å². The minimum Gasteiger partial charge on any atom is -0.508 e. The van der Waals surface area contributed by atoms with E-state index in [-0.39, 0.29) is 80.9 Å². The van der Waals surface area contributed by atoms with Crippen molar-refractivity contribution in [1.82, 2.24) is 0 Å². The number of aliphatic hydroxyl groups is 2. The summed E-state index contributed by atoms with van der Waals surface area (Å²) in [5.41, 5.74) is -1.26. The summed E-state index contributed by atoms with van der Waals surface area (Å²) in [4.78, 5) is 55.7. The maximum atomic E-state index is 14.1. The lowest BCUT2D eigenvalue weighted by Gasteiger charge is -2.50. The Kier molecular flexibility index (Phi) is 15.7. The number of aryl methyl sites for hydroxylation is 1. The number of carbonyl (C=O) groups excluding carboxylic acids is 4. The van der Waals surface area contributed by atoms with Crippen LogP contribution < -0.4 is 37.9 Å². The first-order valence-corrected chi connectivity index (χ1v) is 31.9. The Morgan fingerprint density at radius 2 is 0.722 bits per heavy atom. The van der Waals surface area contributed by atoms with Gasteiger partial charge < -0.3 is 144 Å². The molecule has 6 aliphatic heterocycles. The van der Waals surface area contributed by atoms with Gasteiger partial charge in [0.05, 0.1) is 11.1 Å². The number of aromatic hydroxyl groups is 17. The number of ketones is 2. The van der Waals surface area contributed by atoms with E-state index in [0.29, 0.717) is 11.1 Å². The lowest BCUT2D eigenvalue weighted by molar-refractivity contribution is -0.316. The molecule has 108 heavy (non-hydrogen) atoms. The molecule has 0 aromatic heterocycles. The van der Waals surface area contributed by atoms with E-state index >= 15 is 0 Å². The van der Waals surface area contributed by atoms with Crippen LogP contribution in [0, 0.1) is 6.92 Å². The van der Waals surface area contributed by atoms with E-state index < -0.39 is 197 Å². The minimum absolute atomic E-state index is 0.0395. The topological polar surface area (TPSA) is 545 Å². The molecule has 6 heterocycles. The molecular formula is C75H54O33. The molecule has 0 fully saturated rings. The van der Waals surface area contributed by atoms with Gasteiger partial charge in [-0.25, -0.2) is 9.59 Å². The zero-order valence-corrected chi connectivity index (χ0v) is 54.8. The first-order chi connectivity index (χ1) is 51.2. The van der Waals surface area contributed by atoms with E-state index in [1.165, 1.54) is 30.3 Å². The number of carbonyl (C=O) groups is 4. The predicted molar refractivity (Wildman–Crippen MR) is 356 cm³/mol. The lowest BCUT2D eigenvalue weighted by Crippen LogP contribution is -2.70. The molecule has 33 nitrogen and oxygen atoms in total. The van der Waals surface area contributed by atoms with Crippen molar-refractivity contribution in [3.05, 3.63) is 207 Å². The molecule has 0 spiro atoms. The molecule has 0 bridgehead atoms. The van der Waals surface area contributed by atoms with Gasteiger partial charge in [0.15, 0.2) is 69.7 Å². The highest BCUT2D eigenvalue weighted by molar-refractivity contribution is 6.09. The number of rotatable bonds is 8. The first kappa shape index (κ1) is 69.1. The molecule has 0 saturated heterocycles. The van der Waals surface area contributed by atoms with Gasteiger partial charge in [-0.1, -0.05) is 18.2 Å². The number of hydrogen-bond donors (Lipinski definition) is 19. The molecule has 33 heteroatoms. The van der Waals surface area contributed by atoms with Crippen LogP contribution in [0.1, 0.15) is 92.6 Å². The van der Waals surface area contributed by atoms with Gasteiger partial charge in [0.2, 0.25) is 11.5 Å². The molecule has 16 rings (SSSR count). The van der Waals surface area contributed by atoms with Crippen LogP contribution in [0.25, 0.3) is 0 Å². The van der Waals surface area contributed by atoms with Crippen LogP contribution in [-0.4, -0.2) is 144 Å². The summed E-state index contributed by atoms with van der Waals surface area (Å²) < 4.78 is 59.3. The highest BCUT2D eigenvalue weighted by atomic mass is 16.8. The second kappa shape index (κ2) is 24.5. The van der Waals surface area contributed by atoms with E-state index in [1.54, 1.807) is 19.1 Å². The molecule has 0 aliphatic carbocycles. The van der Waals surface area contributed by atoms with Gasteiger partial charge in [0, 0.05) is 89.2 Å². The van der Waals surface area contributed by atoms with E-state index in [9.17, 15) is 116 Å². The quantitative estimate of drug-likeness (QED) is 0.0512. The molecule has 0 saturated carbocycles. The Bertz CT molecular complexity index is 5560. The monoisotopic (exact) mass is 1480 g/mol. The summed E-state index contributed by atoms with van der Waals surface area (Å²) >= 11 is 0. The number of hydrogen-bond acceptors (Lipinski definition) is 33. The number of esters is 2. The van der Waals surface area contributed by atoms with Crippen LogP contribution in [-0.2, 0) is 33.9 Å². The third-order valence-corrected chi connectivity index (χ3v) is 18.6. The van der Waals surface area contributed by atoms with Crippen LogP contribution >= 0.6 is 0 Å². The predicted octanol–water partition coefficient (Wildman–Crippen LogP) is 7.66. The van der Waals surface area contributed by atoms with Crippen molar-refractivity contribution in [1.29, 1.82) is 0 Å². The second-order valence-electron chi connectivity index (χ2n) is 25.6. The molecular weight excluding hydrogens is 1430 g/mol. The summed E-state index contributed by atoms with van der Waals surface area (Å²) in [6.07, 6.45) is -5.02. The fraction of sp³-hybridized carbons (Fsp3) is 0.147. The molecule has 0 amide bonds. The molecule has 6 aliphatic rings. The zero-order valence-electron chi connectivity index (χ0n) is 54.8. The number of Topliss-reactive ketones (excluding diaryl/α,β-unsaturated/α-hetero) is 2. The molecule has 552 valence electrons. The summed E-state index contributed by atoms with van der Waals surface area (Å²) in [5.74, 6) is -29.8. The number of ether oxygens (including phenoxy) is 10. The van der Waals surface area contributed by atoms with Crippen molar-refractivity contribution < 1.29 is 164 Å². The Balaban J connectivity index is 0.000000172. The van der Waals surface area contributed by atoms with Gasteiger partial charge in [-0.15, -0.1) is 0 Å². The number of fused-ring (bicyclic) bond motifs is 8. The van der Waals surface area contributed by atoms with E-state index in [2.05, 4.69) is 0 Å². The average Bonchev–Trinajstić information content (AvgIpc) is 0.693. The Morgan fingerprint density at radius 1 is 0.352 bits per heavy atom. The smallest absolute Gasteiger partial charge is 0.358 e. The molecule has 0 radical (unpaired) electrons. The van der Waals surface area contributed by atoms with Crippen LogP contribution in [0.3, 0.4) is 0 Å². The average molecular weight is 1480 g/mol. The van der Waals surface area contributed by atoms with Crippen LogP contribution in [0.4, 0.5) is 0 Å². The SMILES string of the molecule is Cc1ccc(C2Oc3cc(O)cc(O)c3CC2OC(=O)c2cc(O)c3c(c2)OC2(O)C(=O)c4c(O)cc(O)cc4OC2(c2ccc(O)c(O)c2)O3)cc1O.O=C(OC1Cc2c(O)cc(O)cc2OC1c1ccc(O)c(O)c1)c1cc(O)c2c(c1)OC1(c3ccc(O)c(O)c3)Oc3cc(O)cc(O)c3C(=O)C1(O)O2. The standard InChI is InChI=1S/C38H28O16.C37H26O17/c1-15-2-3-16(6-23(15)42)33-30(14-21-24(43)10-19(39)12-28(21)50-33)51-36(48)17-7-27(46)34-31(8-17)52-37(49)35(47)32-26(45)11-20(40)13-29(32)53-38(37,54-34)18-4-5-22(41)25(44)9-18;38-17-9-22(42)19-13-29(32(50-27(19)11-17)14-1-3-20(40)23(43)5-14)51-35(48)15-6-26(46)33-30(7-15)53-37(16-2-4-21(41)24(44)8-16)36(49,54-33)34(47)31-25(45)10-18(39)12-28(31)52-37/h2-13,30,33,39-46,49H,14H2,1H3;1-12,29,32,38-46,49H,13H2. The number of phenols is 17. The lowest BCUT2D eigenvalue weighted by atomic mass is 9.85. The van der Waals surface area contributed by atoms with Crippen molar-refractivity contribution in [3.63, 3.8) is 0 Å². The first-order valence-electron chi connectivity index (χ1n) is 31.9. The number of phenolic OH excluding ortho intramolecular Hbond substituents is 17. The Labute approximate surface area is 602 Å². The van der Waals surface area contributed by atoms with Gasteiger partial charge in [0.25, 0.3) is 11.6 Å². The zero-order chi connectivity index (χ0) is 76.9. The maximum Gasteiger partial charge on any atom is 0.358 e. The van der Waals surface area contributed by atoms with Gasteiger partial charge in [-0.3, -0.25) is 9.59 Å². The normalized spacial score (nSPS) is 22.1. The highest BCUT2D eigenvalue weighted by Crippen LogP contribution is 2.61. The Hall–Kier alpha value is -14.6. The fourth-order valence-electron chi connectivity index (χ4n) is 13.3. The van der Waals surface area contributed by atoms with E-state index in [4.69, 9.17) is 47.4 Å². The molecule has 8 atom stereocenters. The fourth-order valence-corrected chi connectivity index (χ4v) is 13.3. The summed E-state index contributed by atoms with van der Waals surface area (Å²) in [6.45, 7) is 1.67. The van der Waals surface area contributed by atoms with Crippen LogP contribution in [0.5, 0.6) is 144 Å². The van der Waals surface area contributed by atoms with Gasteiger partial charge in [-0.05, 0) is 96.9 Å². The minimum atomic E-state index is -3.28. The van der Waals surface area contributed by atoms with Gasteiger partial charge in [-0.2, -0.15) is 0 Å². The summed E-state index contributed by atoms with van der Waals surface area (Å²) in [6, 6.07) is 26.1. The second-order valence-corrected chi connectivity index (χ2v) is 25.6. The largest absolute Gasteiger partial charge is 0.508 e. The van der Waals surface area contributed by atoms with Crippen molar-refractivity contribution in [2.24, 2.45) is 0 Å². The third-order valence-electron chi connectivity index (χ3n) is 18.6. The van der Waals surface area contributed by atoms with E-state index in [1.807, 2.05) is 0 Å². The van der Waals surface area contributed by atoms with Crippen LogP contribution in [0.2, 0.25) is 0 Å². The Morgan fingerprint density at radius 3 is 1.17 bits per heavy atom. The van der Waals surface area contributed by atoms with Gasteiger partial charge in [0.1, 0.15) is 98.1 Å². The molecule has 10 aromatic rings. The summed E-state index contributed by atoms with van der Waals surface area (Å²) in [7, 11) is 0. The maximum absolute atomic E-state index is 14.1. The molecule has 8 unspecified atom stereocenters. The van der Waals surface area contributed by atoms with Crippen molar-refractivity contribution in [2.45, 2.75) is 67.3 Å². The highest BCUT2D eigenvalue weighted by Gasteiger charge is 2.73. The molecule has 19 N–H and O–H groups in total.